The molecule has 3 aromatic rings. The first kappa shape index (κ1) is 23.9. The third kappa shape index (κ3) is 3.42. The Morgan fingerprint density at radius 3 is 2.37 bits per heavy atom. The summed E-state index contributed by atoms with van der Waals surface area (Å²) in [5.74, 6) is -2.01. The van der Waals surface area contributed by atoms with Crippen molar-refractivity contribution in [2.75, 3.05) is 13.1 Å². The van der Waals surface area contributed by atoms with Crippen molar-refractivity contribution in [3.8, 4) is 11.3 Å². The molecule has 0 spiro atoms. The Balaban J connectivity index is 1.59. The third-order valence-electron chi connectivity index (χ3n) is 8.07. The number of halogens is 3. The van der Waals surface area contributed by atoms with E-state index in [1.165, 1.54) is 40.7 Å². The predicted octanol–water partition coefficient (Wildman–Crippen LogP) is 5.43. The average Bonchev–Trinajstić information content (AvgIpc) is 3.17. The van der Waals surface area contributed by atoms with E-state index in [0.717, 1.165) is 18.1 Å². The van der Waals surface area contributed by atoms with E-state index >= 15 is 0 Å². The molecule has 1 saturated carbocycles. The Morgan fingerprint density at radius 1 is 1.03 bits per heavy atom. The number of aromatic nitrogens is 2. The van der Waals surface area contributed by atoms with Gasteiger partial charge in [0.05, 0.1) is 21.8 Å². The van der Waals surface area contributed by atoms with Gasteiger partial charge in [0, 0.05) is 18.5 Å². The lowest BCUT2D eigenvalue weighted by Crippen LogP contribution is -2.48. The fraction of sp³-hybridized carbons (Fsp3) is 0.385. The van der Waals surface area contributed by atoms with Gasteiger partial charge in [-0.1, -0.05) is 32.9 Å². The first-order chi connectivity index (χ1) is 16.5. The van der Waals surface area contributed by atoms with E-state index in [4.69, 9.17) is 0 Å². The van der Waals surface area contributed by atoms with Gasteiger partial charge in [0.15, 0.2) is 0 Å². The van der Waals surface area contributed by atoms with Crippen molar-refractivity contribution in [1.29, 1.82) is 0 Å². The number of fused-ring (bicyclic) bond motifs is 5. The first-order valence-corrected chi connectivity index (χ1v) is 13.0. The van der Waals surface area contributed by atoms with Crippen LogP contribution in [0.3, 0.4) is 0 Å². The molecule has 2 aliphatic rings. The minimum atomic E-state index is -3.96. The molecule has 5 rings (SSSR count). The Labute approximate surface area is 203 Å². The van der Waals surface area contributed by atoms with Crippen molar-refractivity contribution in [3.63, 3.8) is 0 Å². The second-order valence-corrected chi connectivity index (χ2v) is 11.9. The molecule has 5 nitrogen and oxygen atoms in total. The van der Waals surface area contributed by atoms with Gasteiger partial charge in [-0.05, 0) is 66.1 Å². The molecule has 0 radical (unpaired) electrons. The Morgan fingerprint density at radius 2 is 1.71 bits per heavy atom. The molecule has 2 aliphatic carbocycles. The normalized spacial score (nSPS) is 22.5. The summed E-state index contributed by atoms with van der Waals surface area (Å²) in [6.45, 7) is 6.26. The monoisotopic (exact) mass is 501 g/mol. The number of nitrogens with zero attached hydrogens (tertiary/aromatic N) is 3. The van der Waals surface area contributed by atoms with E-state index in [9.17, 15) is 21.6 Å². The van der Waals surface area contributed by atoms with Crippen molar-refractivity contribution in [2.45, 2.75) is 49.8 Å². The molecule has 0 saturated heterocycles. The number of benzene rings is 2. The van der Waals surface area contributed by atoms with Crippen LogP contribution in [0.5, 0.6) is 0 Å². The largest absolute Gasteiger partial charge is 0.243 e. The van der Waals surface area contributed by atoms with Gasteiger partial charge in [-0.3, -0.25) is 0 Å². The SMILES string of the molecule is CCN(C[C@@]12CC[C@@H](c3cc(-c4c(F)cccc4F)nnc31)C2(C)C)S(=O)(=O)c1cccc(F)c1. The molecule has 0 N–H and O–H groups in total. The molecule has 0 amide bonds. The molecule has 2 aromatic carbocycles. The van der Waals surface area contributed by atoms with Crippen LogP contribution in [0, 0.1) is 22.9 Å². The van der Waals surface area contributed by atoms with Gasteiger partial charge in [0.25, 0.3) is 0 Å². The van der Waals surface area contributed by atoms with Crippen molar-refractivity contribution in [1.82, 2.24) is 14.5 Å². The van der Waals surface area contributed by atoms with Crippen molar-refractivity contribution >= 4 is 10.0 Å². The fourth-order valence-electron chi connectivity index (χ4n) is 6.09. The molecule has 1 fully saturated rings. The summed E-state index contributed by atoms with van der Waals surface area (Å²) < 4.78 is 71.0. The topological polar surface area (TPSA) is 63.2 Å². The zero-order chi connectivity index (χ0) is 25.2. The highest BCUT2D eigenvalue weighted by atomic mass is 32.2. The maximum Gasteiger partial charge on any atom is 0.243 e. The van der Waals surface area contributed by atoms with E-state index in [1.54, 1.807) is 13.0 Å². The van der Waals surface area contributed by atoms with Crippen LogP contribution >= 0.6 is 0 Å². The van der Waals surface area contributed by atoms with Crippen molar-refractivity contribution < 1.29 is 21.6 Å². The Bertz CT molecular complexity index is 1410. The quantitative estimate of drug-likeness (QED) is 0.452. The molecule has 1 heterocycles. The summed E-state index contributed by atoms with van der Waals surface area (Å²) in [7, 11) is -3.96. The van der Waals surface area contributed by atoms with Crippen molar-refractivity contribution in [3.05, 3.63) is 77.2 Å². The number of hydrogen-bond donors (Lipinski definition) is 0. The van der Waals surface area contributed by atoms with Gasteiger partial charge < -0.3 is 0 Å². The minimum absolute atomic E-state index is 0.0390. The molecular formula is C26H26F3N3O2S. The molecule has 2 atom stereocenters. The van der Waals surface area contributed by atoms with E-state index < -0.39 is 32.9 Å². The van der Waals surface area contributed by atoms with E-state index in [1.807, 2.05) is 0 Å². The third-order valence-corrected chi connectivity index (χ3v) is 9.98. The summed E-state index contributed by atoms with van der Waals surface area (Å²) >= 11 is 0. The second-order valence-electron chi connectivity index (χ2n) is 9.91. The summed E-state index contributed by atoms with van der Waals surface area (Å²) in [5, 5.41) is 8.65. The van der Waals surface area contributed by atoms with Crippen LogP contribution in [-0.2, 0) is 15.4 Å². The van der Waals surface area contributed by atoms with Crippen LogP contribution in [0.25, 0.3) is 11.3 Å². The van der Waals surface area contributed by atoms with E-state index in [2.05, 4.69) is 24.0 Å². The van der Waals surface area contributed by atoms with Crippen LogP contribution in [-0.4, -0.2) is 36.0 Å². The predicted molar refractivity (Wildman–Crippen MR) is 126 cm³/mol. The summed E-state index contributed by atoms with van der Waals surface area (Å²) in [6, 6.07) is 10.4. The van der Waals surface area contributed by atoms with Crippen LogP contribution in [0.4, 0.5) is 13.2 Å². The highest BCUT2D eigenvalue weighted by Gasteiger charge is 2.64. The van der Waals surface area contributed by atoms with Gasteiger partial charge in [-0.25, -0.2) is 21.6 Å². The van der Waals surface area contributed by atoms with Gasteiger partial charge in [0.2, 0.25) is 10.0 Å². The van der Waals surface area contributed by atoms with Crippen LogP contribution in [0.1, 0.15) is 50.8 Å². The van der Waals surface area contributed by atoms with E-state index in [0.29, 0.717) is 12.1 Å². The second kappa shape index (κ2) is 8.13. The molecule has 9 heteroatoms. The number of hydrogen-bond acceptors (Lipinski definition) is 4. The standard InChI is InChI=1S/C26H26F3N3O2S/c1-4-32(35(33,34)17-8-5-7-16(27)13-17)15-26-12-11-19(25(26,2)3)18-14-22(30-31-24(18)26)23-20(28)9-6-10-21(23)29/h5-10,13-14,19H,4,11-12,15H2,1-3H3/t19-,26-/m0/s1. The highest BCUT2D eigenvalue weighted by molar-refractivity contribution is 7.89. The molecule has 0 aliphatic heterocycles. The molecule has 1 aromatic heterocycles. The molecule has 2 bridgehead atoms. The first-order valence-electron chi connectivity index (χ1n) is 11.6. The summed E-state index contributed by atoms with van der Waals surface area (Å²) in [5.41, 5.74) is 0.420. The molecule has 0 unspecified atom stereocenters. The van der Waals surface area contributed by atoms with Gasteiger partial charge in [-0.15, -0.1) is 0 Å². The van der Waals surface area contributed by atoms with E-state index in [-0.39, 0.29) is 40.6 Å². The fourth-order valence-corrected chi connectivity index (χ4v) is 7.63. The average molecular weight is 502 g/mol. The lowest BCUT2D eigenvalue weighted by molar-refractivity contribution is 0.169. The molecule has 35 heavy (non-hydrogen) atoms. The Hall–Kier alpha value is -2.78. The summed E-state index contributed by atoms with van der Waals surface area (Å²) in [4.78, 5) is -0.0993. The smallest absolute Gasteiger partial charge is 0.207 e. The van der Waals surface area contributed by atoms with Gasteiger partial charge in [0.1, 0.15) is 17.5 Å². The summed E-state index contributed by atoms with van der Waals surface area (Å²) in [6.07, 6.45) is 1.50. The maximum atomic E-state index is 14.4. The lowest BCUT2D eigenvalue weighted by atomic mass is 9.68. The minimum Gasteiger partial charge on any atom is -0.207 e. The zero-order valence-corrected chi connectivity index (χ0v) is 20.5. The Kier molecular flexibility index (Phi) is 5.56. The number of rotatable bonds is 6. The van der Waals surface area contributed by atoms with Crippen LogP contribution in [0.2, 0.25) is 0 Å². The van der Waals surface area contributed by atoms with Gasteiger partial charge in [-0.2, -0.15) is 14.5 Å². The van der Waals surface area contributed by atoms with Crippen LogP contribution < -0.4 is 0 Å². The molecule has 184 valence electrons. The number of sulfonamides is 1. The molecular weight excluding hydrogens is 475 g/mol. The number of likely N-dealkylation sites (N-methyl/N-ethyl adjacent to an activating group) is 1. The van der Waals surface area contributed by atoms with Crippen molar-refractivity contribution in [2.24, 2.45) is 5.41 Å². The van der Waals surface area contributed by atoms with Crippen LogP contribution in [0.15, 0.2) is 53.4 Å². The highest BCUT2D eigenvalue weighted by Crippen LogP contribution is 2.67. The zero-order valence-electron chi connectivity index (χ0n) is 19.7. The maximum absolute atomic E-state index is 14.4. The lowest BCUT2D eigenvalue weighted by Gasteiger charge is -2.41. The van der Waals surface area contributed by atoms with Gasteiger partial charge >= 0.3 is 0 Å².